The van der Waals surface area contributed by atoms with Gasteiger partial charge in [-0.1, -0.05) is 0 Å². The molecule has 1 atom stereocenters. The third-order valence-corrected chi connectivity index (χ3v) is 4.12. The van der Waals surface area contributed by atoms with Crippen molar-refractivity contribution in [2.45, 2.75) is 13.8 Å². The van der Waals surface area contributed by atoms with Gasteiger partial charge in [0.25, 0.3) is 10.1 Å². The predicted octanol–water partition coefficient (Wildman–Crippen LogP) is 0.772. The zero-order chi connectivity index (χ0) is 9.52. The molecule has 1 aliphatic heterocycles. The van der Waals surface area contributed by atoms with Gasteiger partial charge < -0.3 is 0 Å². The lowest BCUT2D eigenvalue weighted by Gasteiger charge is -1.95. The Morgan fingerprint density at radius 2 is 1.92 bits per heavy atom. The lowest BCUT2D eigenvalue weighted by atomic mass is 10.4. The van der Waals surface area contributed by atoms with E-state index in [1.54, 1.807) is 6.92 Å². The number of hydrogen-bond acceptors (Lipinski definition) is 3. The lowest BCUT2D eigenvalue weighted by molar-refractivity contribution is 0.492. The molecular formula is C6H8O4S2. The Morgan fingerprint density at radius 3 is 2.08 bits per heavy atom. The highest BCUT2D eigenvalue weighted by Crippen LogP contribution is 2.27. The summed E-state index contributed by atoms with van der Waals surface area (Å²) in [5.41, 5.74) is 0. The molecule has 0 spiro atoms. The lowest BCUT2D eigenvalue weighted by Crippen LogP contribution is -2.00. The molecule has 0 radical (unpaired) electrons. The van der Waals surface area contributed by atoms with E-state index in [0.717, 1.165) is 0 Å². The molecule has 0 aliphatic carbocycles. The van der Waals surface area contributed by atoms with Gasteiger partial charge in [0, 0.05) is 9.81 Å². The van der Waals surface area contributed by atoms with Gasteiger partial charge in [-0.3, -0.25) is 4.55 Å². The fraction of sp³-hybridized carbons (Fsp3) is 0.333. The zero-order valence-corrected chi connectivity index (χ0v) is 8.20. The van der Waals surface area contributed by atoms with E-state index in [0.29, 0.717) is 4.91 Å². The van der Waals surface area contributed by atoms with Crippen molar-refractivity contribution in [2.24, 2.45) is 0 Å². The van der Waals surface area contributed by atoms with Crippen LogP contribution in [0.2, 0.25) is 0 Å². The van der Waals surface area contributed by atoms with E-state index in [9.17, 15) is 12.6 Å². The summed E-state index contributed by atoms with van der Waals surface area (Å²) >= 11 is 0. The number of allylic oxidation sites excluding steroid dienone is 3. The second-order valence-electron chi connectivity index (χ2n) is 2.42. The van der Waals surface area contributed by atoms with Crippen LogP contribution >= 0.6 is 0 Å². The first-order valence-corrected chi connectivity index (χ1v) is 5.71. The topological polar surface area (TPSA) is 71.4 Å². The zero-order valence-electron chi connectivity index (χ0n) is 6.57. The minimum absolute atomic E-state index is 0.190. The van der Waals surface area contributed by atoms with Crippen molar-refractivity contribution in [3.8, 4) is 0 Å². The molecule has 68 valence electrons. The van der Waals surface area contributed by atoms with E-state index in [1.165, 1.54) is 13.0 Å². The van der Waals surface area contributed by atoms with Gasteiger partial charge in [0.2, 0.25) is 0 Å². The van der Waals surface area contributed by atoms with Gasteiger partial charge in [0.05, 0.1) is 10.8 Å². The highest BCUT2D eigenvalue weighted by Gasteiger charge is 2.25. The second kappa shape index (κ2) is 2.79. The van der Waals surface area contributed by atoms with Crippen molar-refractivity contribution in [3.05, 3.63) is 20.8 Å². The van der Waals surface area contributed by atoms with Crippen molar-refractivity contribution in [1.29, 1.82) is 0 Å². The third-order valence-electron chi connectivity index (χ3n) is 1.53. The van der Waals surface area contributed by atoms with Gasteiger partial charge in [0.15, 0.2) is 0 Å². The average molecular weight is 208 g/mol. The van der Waals surface area contributed by atoms with Crippen LogP contribution < -0.4 is 0 Å². The predicted molar refractivity (Wildman–Crippen MR) is 46.1 cm³/mol. The van der Waals surface area contributed by atoms with Crippen molar-refractivity contribution in [2.75, 3.05) is 0 Å². The van der Waals surface area contributed by atoms with Gasteiger partial charge in [0.1, 0.15) is 4.91 Å². The van der Waals surface area contributed by atoms with Crippen LogP contribution in [-0.4, -0.2) is 17.2 Å². The Morgan fingerprint density at radius 1 is 1.42 bits per heavy atom. The average Bonchev–Trinajstić information content (AvgIpc) is 2.15. The molecule has 1 heterocycles. The molecule has 12 heavy (non-hydrogen) atoms. The first-order chi connectivity index (χ1) is 5.34. The number of hydrogen-bond donors (Lipinski definition) is 1. The molecule has 1 N–H and O–H groups in total. The van der Waals surface area contributed by atoms with Crippen LogP contribution in [0, 0.1) is 0 Å². The van der Waals surface area contributed by atoms with Crippen LogP contribution in [0.3, 0.4) is 0 Å². The smallest absolute Gasteiger partial charge is 0.282 e. The molecule has 0 amide bonds. The summed E-state index contributed by atoms with van der Waals surface area (Å²) in [5.74, 6) is 0. The van der Waals surface area contributed by atoms with E-state index < -0.39 is 20.9 Å². The Bertz CT molecular complexity index is 399. The Hall–Kier alpha value is -0.460. The Kier molecular flexibility index (Phi) is 2.24. The van der Waals surface area contributed by atoms with E-state index >= 15 is 0 Å². The van der Waals surface area contributed by atoms with E-state index in [-0.39, 0.29) is 9.81 Å². The van der Waals surface area contributed by atoms with Crippen molar-refractivity contribution < 1.29 is 17.2 Å². The molecule has 0 saturated carbocycles. The molecule has 0 aromatic carbocycles. The van der Waals surface area contributed by atoms with Crippen LogP contribution in [0.15, 0.2) is 20.8 Å². The monoisotopic (exact) mass is 208 g/mol. The third kappa shape index (κ3) is 1.50. The summed E-state index contributed by atoms with van der Waals surface area (Å²) in [5, 5.41) is 0. The van der Waals surface area contributed by atoms with Crippen LogP contribution in [0.25, 0.3) is 0 Å². The summed E-state index contributed by atoms with van der Waals surface area (Å²) in [6.07, 6.45) is 1.22. The molecule has 0 aromatic rings. The molecule has 0 fully saturated rings. The van der Waals surface area contributed by atoms with Gasteiger partial charge in [-0.25, -0.2) is 4.21 Å². The summed E-state index contributed by atoms with van der Waals surface area (Å²) in [6.45, 7) is 2.98. The molecule has 1 unspecified atom stereocenters. The molecule has 0 aromatic heterocycles. The van der Waals surface area contributed by atoms with Crippen molar-refractivity contribution >= 4 is 20.9 Å². The fourth-order valence-corrected chi connectivity index (χ4v) is 3.18. The largest absolute Gasteiger partial charge is 0.295 e. The molecule has 6 heteroatoms. The first kappa shape index (κ1) is 9.63. The molecular weight excluding hydrogens is 200 g/mol. The summed E-state index contributed by atoms with van der Waals surface area (Å²) in [7, 11) is -5.59. The Balaban J connectivity index is 3.35. The normalized spacial score (nSPS) is 24.6. The minimum Gasteiger partial charge on any atom is -0.282 e. The van der Waals surface area contributed by atoms with E-state index in [4.69, 9.17) is 4.55 Å². The quantitative estimate of drug-likeness (QED) is 0.646. The summed E-state index contributed by atoms with van der Waals surface area (Å²) < 4.78 is 41.1. The van der Waals surface area contributed by atoms with Crippen molar-refractivity contribution in [1.82, 2.24) is 0 Å². The van der Waals surface area contributed by atoms with E-state index in [1.807, 2.05) is 0 Å². The van der Waals surface area contributed by atoms with Gasteiger partial charge >= 0.3 is 0 Å². The first-order valence-electron chi connectivity index (χ1n) is 3.12. The maximum Gasteiger partial charge on any atom is 0.295 e. The van der Waals surface area contributed by atoms with Gasteiger partial charge in [-0.2, -0.15) is 8.42 Å². The van der Waals surface area contributed by atoms with Crippen LogP contribution in [0.1, 0.15) is 13.8 Å². The maximum absolute atomic E-state index is 11.2. The molecule has 1 rings (SSSR count). The summed E-state index contributed by atoms with van der Waals surface area (Å²) in [4.78, 5) is 0.397. The van der Waals surface area contributed by atoms with Gasteiger partial charge in [-0.05, 0) is 19.9 Å². The Labute approximate surface area is 73.2 Å². The molecule has 4 nitrogen and oxygen atoms in total. The summed E-state index contributed by atoms with van der Waals surface area (Å²) in [6, 6.07) is 0. The van der Waals surface area contributed by atoms with Crippen LogP contribution in [0.5, 0.6) is 0 Å². The molecule has 0 bridgehead atoms. The number of rotatable bonds is 1. The second-order valence-corrected chi connectivity index (χ2v) is 5.60. The van der Waals surface area contributed by atoms with Crippen LogP contribution in [0.4, 0.5) is 0 Å². The standard InChI is InChI=1S/C6H8O4S2/c1-4-3-6(12(8,9)10)5(2)11(4)7/h3H,1-2H3,(H,8,9,10). The SMILES string of the molecule is CC1=CC(S(=O)(=O)O)=C(C)S1=O. The fourth-order valence-electron chi connectivity index (χ4n) is 0.929. The van der Waals surface area contributed by atoms with Gasteiger partial charge in [-0.15, -0.1) is 0 Å². The molecule has 0 saturated heterocycles. The van der Waals surface area contributed by atoms with Crippen LogP contribution in [-0.2, 0) is 20.9 Å². The minimum atomic E-state index is -4.21. The molecule has 1 aliphatic rings. The van der Waals surface area contributed by atoms with E-state index in [2.05, 4.69) is 0 Å². The highest BCUT2D eigenvalue weighted by atomic mass is 32.2. The van der Waals surface area contributed by atoms with Crippen molar-refractivity contribution in [3.63, 3.8) is 0 Å². The maximum atomic E-state index is 11.2. The highest BCUT2D eigenvalue weighted by molar-refractivity contribution is 7.96.